The maximum atomic E-state index is 12.2. The van der Waals surface area contributed by atoms with Crippen LogP contribution in [0.25, 0.3) is 11.0 Å². The molecule has 0 spiro atoms. The first-order valence-corrected chi connectivity index (χ1v) is 9.23. The van der Waals surface area contributed by atoms with E-state index in [0.717, 1.165) is 13.1 Å². The number of carbonyl (C=O) groups is 1. The van der Waals surface area contributed by atoms with E-state index in [2.05, 4.69) is 25.3 Å². The van der Waals surface area contributed by atoms with Crippen LogP contribution in [0.4, 0.5) is 10.6 Å². The number of morpholine rings is 1. The van der Waals surface area contributed by atoms with Gasteiger partial charge in [0.1, 0.15) is 18.8 Å². The number of anilines is 1. The molecule has 1 aliphatic rings. The van der Waals surface area contributed by atoms with Gasteiger partial charge in [-0.15, -0.1) is 0 Å². The molecule has 148 valence electrons. The molecule has 10 nitrogen and oxygen atoms in total. The maximum Gasteiger partial charge on any atom is 0.408 e. The minimum absolute atomic E-state index is 0.188. The summed E-state index contributed by atoms with van der Waals surface area (Å²) in [5, 5.41) is 7.10. The van der Waals surface area contributed by atoms with Gasteiger partial charge >= 0.3 is 6.09 Å². The Morgan fingerprint density at radius 2 is 2.11 bits per heavy atom. The summed E-state index contributed by atoms with van der Waals surface area (Å²) in [4.78, 5) is 22.3. The molecule has 3 heterocycles. The summed E-state index contributed by atoms with van der Waals surface area (Å²) in [5.74, 6) is 0.224. The number of fused-ring (bicyclic) bond motifs is 1. The topological polar surface area (TPSA) is 120 Å². The summed E-state index contributed by atoms with van der Waals surface area (Å²) in [6, 6.07) is 0. The highest BCUT2D eigenvalue weighted by molar-refractivity contribution is 6.67. The lowest BCUT2D eigenvalue weighted by Gasteiger charge is -2.27. The van der Waals surface area contributed by atoms with Crippen molar-refractivity contribution in [3.63, 3.8) is 0 Å². The second-order valence-electron chi connectivity index (χ2n) is 5.76. The van der Waals surface area contributed by atoms with Crippen LogP contribution in [-0.2, 0) is 9.47 Å². The molecule has 2 aromatic rings. The highest BCUT2D eigenvalue weighted by Gasteiger charge is 2.38. The number of nitrogens with one attached hydrogen (secondary N) is 1. The summed E-state index contributed by atoms with van der Waals surface area (Å²) in [5.41, 5.74) is 6.10. The van der Waals surface area contributed by atoms with Gasteiger partial charge in [-0.05, 0) is 0 Å². The smallest absolute Gasteiger partial charge is 0.408 e. The number of aromatic nitrogens is 4. The van der Waals surface area contributed by atoms with Gasteiger partial charge in [-0.25, -0.2) is 19.4 Å². The van der Waals surface area contributed by atoms with Gasteiger partial charge < -0.3 is 15.2 Å². The summed E-state index contributed by atoms with van der Waals surface area (Å²) in [7, 11) is 0. The first-order chi connectivity index (χ1) is 12.9. The predicted molar refractivity (Wildman–Crippen MR) is 101 cm³/mol. The summed E-state index contributed by atoms with van der Waals surface area (Å²) in [6.07, 6.45) is 0.779. The molecule has 1 aliphatic heterocycles. The molecule has 1 fully saturated rings. The van der Waals surface area contributed by atoms with E-state index in [1.54, 1.807) is 0 Å². The number of hydrogen-bond donors (Lipinski definition) is 2. The van der Waals surface area contributed by atoms with Crippen molar-refractivity contribution >= 4 is 57.7 Å². The Morgan fingerprint density at radius 3 is 2.81 bits per heavy atom. The van der Waals surface area contributed by atoms with Crippen LogP contribution in [0, 0.1) is 0 Å². The number of nitrogen functional groups attached to an aromatic ring is 1. The Morgan fingerprint density at radius 1 is 1.37 bits per heavy atom. The van der Waals surface area contributed by atoms with Gasteiger partial charge in [0, 0.05) is 19.6 Å². The fourth-order valence-electron chi connectivity index (χ4n) is 2.60. The van der Waals surface area contributed by atoms with E-state index >= 15 is 0 Å². The number of hydrogen-bond acceptors (Lipinski definition) is 8. The van der Waals surface area contributed by atoms with Crippen molar-refractivity contribution in [2.75, 3.05) is 45.2 Å². The number of alkyl carbamates (subject to hydrolysis) is 1. The van der Waals surface area contributed by atoms with Crippen molar-refractivity contribution in [1.82, 2.24) is 30.0 Å². The van der Waals surface area contributed by atoms with E-state index in [4.69, 9.17) is 50.0 Å². The van der Waals surface area contributed by atoms with E-state index in [9.17, 15) is 4.79 Å². The number of rotatable bonds is 5. The molecule has 1 unspecified atom stereocenters. The Kier molecular flexibility index (Phi) is 6.43. The van der Waals surface area contributed by atoms with Crippen LogP contribution in [0.1, 0.15) is 6.17 Å². The first-order valence-electron chi connectivity index (χ1n) is 8.10. The SMILES string of the molecule is Nc1ncnc2c1cnn2C(NC(=O)OCCN1CCOCC1)C(Cl)(Cl)Cl. The van der Waals surface area contributed by atoms with Gasteiger partial charge in [0.15, 0.2) is 11.8 Å². The lowest BCUT2D eigenvalue weighted by Crippen LogP contribution is -2.42. The largest absolute Gasteiger partial charge is 0.448 e. The molecule has 0 aliphatic carbocycles. The van der Waals surface area contributed by atoms with Crippen LogP contribution in [0.2, 0.25) is 0 Å². The minimum atomic E-state index is -1.91. The summed E-state index contributed by atoms with van der Waals surface area (Å²) in [6.45, 7) is 3.69. The normalized spacial score (nSPS) is 17.0. The molecular formula is C14H18Cl3N7O3. The third-order valence-electron chi connectivity index (χ3n) is 3.98. The predicted octanol–water partition coefficient (Wildman–Crippen LogP) is 1.34. The maximum absolute atomic E-state index is 12.2. The van der Waals surface area contributed by atoms with E-state index < -0.39 is 16.1 Å². The van der Waals surface area contributed by atoms with Crippen LogP contribution >= 0.6 is 34.8 Å². The Balaban J connectivity index is 1.66. The van der Waals surface area contributed by atoms with Gasteiger partial charge in [-0.1, -0.05) is 34.8 Å². The van der Waals surface area contributed by atoms with E-state index in [1.807, 2.05) is 0 Å². The van der Waals surface area contributed by atoms with Gasteiger partial charge in [0.25, 0.3) is 0 Å². The third kappa shape index (κ3) is 5.02. The molecule has 0 radical (unpaired) electrons. The summed E-state index contributed by atoms with van der Waals surface area (Å²) < 4.78 is 9.80. The van der Waals surface area contributed by atoms with Crippen molar-refractivity contribution in [2.24, 2.45) is 0 Å². The van der Waals surface area contributed by atoms with Crippen LogP contribution in [0.5, 0.6) is 0 Å². The quantitative estimate of drug-likeness (QED) is 0.671. The van der Waals surface area contributed by atoms with Crippen LogP contribution in [0.3, 0.4) is 0 Å². The lowest BCUT2D eigenvalue weighted by atomic mass is 10.4. The van der Waals surface area contributed by atoms with Crippen molar-refractivity contribution in [2.45, 2.75) is 9.96 Å². The molecule has 13 heteroatoms. The van der Waals surface area contributed by atoms with Crippen molar-refractivity contribution in [3.8, 4) is 0 Å². The molecule has 0 aromatic carbocycles. The van der Waals surface area contributed by atoms with Gasteiger partial charge in [0.2, 0.25) is 3.79 Å². The zero-order chi connectivity index (χ0) is 19.4. The number of halogens is 3. The molecule has 0 saturated carbocycles. The second-order valence-corrected chi connectivity index (χ2v) is 8.13. The highest BCUT2D eigenvalue weighted by atomic mass is 35.6. The number of alkyl halides is 3. The molecular weight excluding hydrogens is 421 g/mol. The minimum Gasteiger partial charge on any atom is -0.448 e. The molecule has 1 atom stereocenters. The highest BCUT2D eigenvalue weighted by Crippen LogP contribution is 2.37. The average Bonchev–Trinajstić information content (AvgIpc) is 3.05. The van der Waals surface area contributed by atoms with E-state index in [-0.39, 0.29) is 12.4 Å². The molecule has 3 rings (SSSR count). The Labute approximate surface area is 169 Å². The molecule has 1 amide bonds. The molecule has 3 N–H and O–H groups in total. The number of nitrogens with two attached hydrogens (primary N) is 1. The van der Waals surface area contributed by atoms with E-state index in [1.165, 1.54) is 17.2 Å². The Bertz CT molecular complexity index is 792. The van der Waals surface area contributed by atoms with Crippen molar-refractivity contribution in [3.05, 3.63) is 12.5 Å². The molecule has 1 saturated heterocycles. The molecule has 2 aromatic heterocycles. The van der Waals surface area contributed by atoms with Crippen molar-refractivity contribution in [1.29, 1.82) is 0 Å². The van der Waals surface area contributed by atoms with Crippen LogP contribution < -0.4 is 11.1 Å². The second kappa shape index (κ2) is 8.61. The van der Waals surface area contributed by atoms with Crippen LogP contribution in [0.15, 0.2) is 12.5 Å². The fourth-order valence-corrected chi connectivity index (χ4v) is 3.04. The number of nitrogens with zero attached hydrogens (tertiary/aromatic N) is 5. The fraction of sp³-hybridized carbons (Fsp3) is 0.571. The molecule has 27 heavy (non-hydrogen) atoms. The summed E-state index contributed by atoms with van der Waals surface area (Å²) >= 11 is 18.1. The first kappa shape index (κ1) is 20.2. The average molecular weight is 439 g/mol. The van der Waals surface area contributed by atoms with Crippen LogP contribution in [-0.4, -0.2) is 74.0 Å². The zero-order valence-electron chi connectivity index (χ0n) is 14.1. The van der Waals surface area contributed by atoms with Gasteiger partial charge in [-0.2, -0.15) is 5.10 Å². The molecule has 0 bridgehead atoms. The Hall–Kier alpha value is -1.59. The monoisotopic (exact) mass is 437 g/mol. The third-order valence-corrected chi connectivity index (χ3v) is 4.60. The zero-order valence-corrected chi connectivity index (χ0v) is 16.4. The van der Waals surface area contributed by atoms with Crippen molar-refractivity contribution < 1.29 is 14.3 Å². The lowest BCUT2D eigenvalue weighted by molar-refractivity contribution is 0.0277. The number of amides is 1. The number of ether oxygens (including phenoxy) is 2. The standard InChI is InChI=1S/C14H18Cl3N7O3/c15-14(16,17)12(24-11-9(7-21-24)10(18)19-8-20-11)22-13(25)27-6-3-23-1-4-26-5-2-23/h7-8,12H,1-6H2,(H,22,25)(H2,18,19,20). The van der Waals surface area contributed by atoms with Gasteiger partial charge in [0.05, 0.1) is 24.8 Å². The van der Waals surface area contributed by atoms with Gasteiger partial charge in [-0.3, -0.25) is 10.2 Å². The number of carbonyl (C=O) groups excluding carboxylic acids is 1. The van der Waals surface area contributed by atoms with E-state index in [0.29, 0.717) is 30.8 Å².